The Hall–Kier alpha value is -3.58. The number of hydrogen-bond acceptors (Lipinski definition) is 6. The zero-order valence-corrected chi connectivity index (χ0v) is 24.2. The van der Waals surface area contributed by atoms with Crippen LogP contribution in [0.1, 0.15) is 30.2 Å². The number of carboxylic acid groups (broad SMARTS) is 1. The molecule has 0 aliphatic carbocycles. The molecular weight excluding hydrogens is 592 g/mol. The van der Waals surface area contributed by atoms with Crippen LogP contribution in [-0.2, 0) is 12.7 Å². The van der Waals surface area contributed by atoms with E-state index in [-0.39, 0.29) is 52.8 Å². The summed E-state index contributed by atoms with van der Waals surface area (Å²) in [5, 5.41) is 11.8. The second-order valence-corrected chi connectivity index (χ2v) is 12.7. The van der Waals surface area contributed by atoms with Crippen molar-refractivity contribution in [3.05, 3.63) is 74.6 Å². The monoisotopic (exact) mass is 618 g/mol. The summed E-state index contributed by atoms with van der Waals surface area (Å²) < 4.78 is 59.8. The number of thiophene rings is 1. The Morgan fingerprint density at radius 3 is 2.36 bits per heavy atom. The van der Waals surface area contributed by atoms with Gasteiger partial charge in [-0.2, -0.15) is 18.2 Å². The Labute approximate surface area is 246 Å². The topological polar surface area (TPSA) is 78.7 Å². The fourth-order valence-electron chi connectivity index (χ4n) is 6.10. The Kier molecular flexibility index (Phi) is 7.20. The average molecular weight is 619 g/mol. The van der Waals surface area contributed by atoms with E-state index in [1.807, 2.05) is 17.5 Å². The Morgan fingerprint density at radius 1 is 1.07 bits per heavy atom. The molecule has 2 aromatic carbocycles. The predicted octanol–water partition coefficient (Wildman–Crippen LogP) is 6.75. The molecule has 6 rings (SSSR count). The molecular formula is C29H26F4N4O3S2. The van der Waals surface area contributed by atoms with E-state index in [2.05, 4.69) is 4.98 Å². The molecule has 0 radical (unpaired) electrons. The highest BCUT2D eigenvalue weighted by Crippen LogP contribution is 2.49. The van der Waals surface area contributed by atoms with E-state index in [1.165, 1.54) is 44.7 Å². The summed E-state index contributed by atoms with van der Waals surface area (Å²) in [5.74, 6) is -0.197. The normalized spacial score (nSPS) is 21.0. The van der Waals surface area contributed by atoms with Crippen LogP contribution >= 0.6 is 23.1 Å². The molecule has 13 heteroatoms. The van der Waals surface area contributed by atoms with Crippen LogP contribution in [0.4, 0.5) is 28.2 Å². The van der Waals surface area contributed by atoms with Gasteiger partial charge < -0.3 is 10.0 Å². The highest BCUT2D eigenvalue weighted by Gasteiger charge is 2.40. The highest BCUT2D eigenvalue weighted by molar-refractivity contribution is 7.99. The zero-order chi connectivity index (χ0) is 29.9. The average Bonchev–Trinajstić information content (AvgIpc) is 3.38. The molecule has 1 amide bonds. The lowest BCUT2D eigenvalue weighted by molar-refractivity contribution is -0.137. The first-order chi connectivity index (χ1) is 19.9. The van der Waals surface area contributed by atoms with Crippen LogP contribution in [0.15, 0.2) is 57.5 Å². The van der Waals surface area contributed by atoms with Crippen LogP contribution < -0.4 is 10.6 Å². The number of anilines is 1. The van der Waals surface area contributed by atoms with Crippen molar-refractivity contribution in [3.8, 4) is 11.1 Å². The second kappa shape index (κ2) is 10.6. The Morgan fingerprint density at radius 2 is 1.76 bits per heavy atom. The summed E-state index contributed by atoms with van der Waals surface area (Å²) in [7, 11) is 0. The number of hydrogen-bond donors (Lipinski definition) is 1. The first-order valence-corrected chi connectivity index (χ1v) is 15.2. The van der Waals surface area contributed by atoms with Gasteiger partial charge in [-0.25, -0.2) is 14.0 Å². The molecule has 4 aromatic rings. The summed E-state index contributed by atoms with van der Waals surface area (Å²) in [4.78, 5) is 34.2. The van der Waals surface area contributed by atoms with E-state index in [9.17, 15) is 32.3 Å². The van der Waals surface area contributed by atoms with Crippen molar-refractivity contribution < 1.29 is 27.5 Å². The van der Waals surface area contributed by atoms with Gasteiger partial charge >= 0.3 is 18.0 Å². The van der Waals surface area contributed by atoms with Gasteiger partial charge in [-0.05, 0) is 49.1 Å². The standard InChI is InChI=1S/C29H26F4N4O3S2/c1-15-11-35(12-16(2)37(15)28(39)40)26-20-10-21(29(31,32)33)23(17-5-7-19(30)8-6-17)25-24(20)36(27(38)34-26)13-18(14-42-25)22-4-3-9-41-22/h3-10,15-16,18H,11-14H2,1-2H3,(H,39,40)/t15-,16+,18?. The van der Waals surface area contributed by atoms with Crippen LogP contribution in [-0.4, -0.2) is 56.6 Å². The molecule has 2 aliphatic rings. The number of piperazine rings is 1. The fraction of sp³-hybridized carbons (Fsp3) is 0.345. The van der Waals surface area contributed by atoms with Crippen molar-refractivity contribution in [2.24, 2.45) is 0 Å². The second-order valence-electron chi connectivity index (χ2n) is 10.7. The molecule has 2 aromatic heterocycles. The summed E-state index contributed by atoms with van der Waals surface area (Å²) >= 11 is 2.77. The third-order valence-corrected chi connectivity index (χ3v) is 10.1. The third kappa shape index (κ3) is 4.91. The summed E-state index contributed by atoms with van der Waals surface area (Å²) in [6, 6.07) is 8.80. The van der Waals surface area contributed by atoms with Gasteiger partial charge in [0.1, 0.15) is 11.6 Å². The Bertz CT molecular complexity index is 1710. The molecule has 1 fully saturated rings. The van der Waals surface area contributed by atoms with E-state index >= 15 is 0 Å². The lowest BCUT2D eigenvalue weighted by Crippen LogP contribution is -2.58. The van der Waals surface area contributed by atoms with Gasteiger partial charge in [-0.15, -0.1) is 23.1 Å². The highest BCUT2D eigenvalue weighted by atomic mass is 32.2. The minimum atomic E-state index is -4.77. The van der Waals surface area contributed by atoms with Crippen LogP contribution in [0, 0.1) is 5.82 Å². The molecule has 1 unspecified atom stereocenters. The van der Waals surface area contributed by atoms with E-state index in [0.29, 0.717) is 11.3 Å². The Balaban J connectivity index is 1.64. The maximum absolute atomic E-state index is 14.8. The van der Waals surface area contributed by atoms with E-state index in [1.54, 1.807) is 18.7 Å². The number of alkyl halides is 3. The molecule has 1 saturated heterocycles. The van der Waals surface area contributed by atoms with Crippen molar-refractivity contribution >= 4 is 45.9 Å². The van der Waals surface area contributed by atoms with Crippen molar-refractivity contribution in [2.75, 3.05) is 23.7 Å². The summed E-state index contributed by atoms with van der Waals surface area (Å²) in [6.45, 7) is 3.98. The van der Waals surface area contributed by atoms with Crippen LogP contribution in [0.2, 0.25) is 0 Å². The molecule has 0 spiro atoms. The van der Waals surface area contributed by atoms with Crippen molar-refractivity contribution in [2.45, 2.75) is 49.5 Å². The number of rotatable bonds is 3. The maximum atomic E-state index is 14.8. The minimum Gasteiger partial charge on any atom is -0.465 e. The molecule has 2 aliphatic heterocycles. The first-order valence-electron chi connectivity index (χ1n) is 13.3. The van der Waals surface area contributed by atoms with Gasteiger partial charge in [-0.3, -0.25) is 9.47 Å². The lowest BCUT2D eigenvalue weighted by atomic mass is 9.96. The van der Waals surface area contributed by atoms with Crippen molar-refractivity contribution in [3.63, 3.8) is 0 Å². The molecule has 1 N–H and O–H groups in total. The molecule has 42 heavy (non-hydrogen) atoms. The maximum Gasteiger partial charge on any atom is 0.417 e. The van der Waals surface area contributed by atoms with E-state index in [4.69, 9.17) is 0 Å². The number of thioether (sulfide) groups is 1. The van der Waals surface area contributed by atoms with Crippen LogP contribution in [0.5, 0.6) is 0 Å². The van der Waals surface area contributed by atoms with Gasteiger partial charge in [0.2, 0.25) is 0 Å². The molecule has 220 valence electrons. The minimum absolute atomic E-state index is 0.0996. The molecule has 4 heterocycles. The fourth-order valence-corrected chi connectivity index (χ4v) is 8.41. The summed E-state index contributed by atoms with van der Waals surface area (Å²) in [5.41, 5.74) is -1.06. The van der Waals surface area contributed by atoms with Crippen molar-refractivity contribution in [1.82, 2.24) is 14.5 Å². The number of carbonyl (C=O) groups is 1. The SMILES string of the molecule is C[C@@H]1CN(c2nc(=O)n3c4c(c(-c5ccc(F)cc5)c(C(F)(F)F)cc24)SCC(c2cccs2)C3)C[C@H](C)N1C(=O)O. The lowest BCUT2D eigenvalue weighted by Gasteiger charge is -2.43. The molecule has 0 saturated carbocycles. The van der Waals surface area contributed by atoms with E-state index in [0.717, 1.165) is 23.1 Å². The molecule has 7 nitrogen and oxygen atoms in total. The molecule has 3 atom stereocenters. The third-order valence-electron chi connectivity index (χ3n) is 7.85. The van der Waals surface area contributed by atoms with Gasteiger partial charge in [0.25, 0.3) is 0 Å². The van der Waals surface area contributed by atoms with Crippen LogP contribution in [0.3, 0.4) is 0 Å². The van der Waals surface area contributed by atoms with Gasteiger partial charge in [0.05, 0.1) is 23.2 Å². The number of halogens is 4. The van der Waals surface area contributed by atoms with Crippen LogP contribution in [0.25, 0.3) is 22.0 Å². The van der Waals surface area contributed by atoms with E-state index < -0.39 is 41.4 Å². The van der Waals surface area contributed by atoms with Gasteiger partial charge in [0.15, 0.2) is 0 Å². The predicted molar refractivity (Wildman–Crippen MR) is 155 cm³/mol. The first kappa shape index (κ1) is 28.5. The largest absolute Gasteiger partial charge is 0.465 e. The van der Waals surface area contributed by atoms with Gasteiger partial charge in [0, 0.05) is 52.0 Å². The number of amides is 1. The zero-order valence-electron chi connectivity index (χ0n) is 22.6. The summed E-state index contributed by atoms with van der Waals surface area (Å²) in [6.07, 6.45) is -5.86. The van der Waals surface area contributed by atoms with Gasteiger partial charge in [-0.1, -0.05) is 18.2 Å². The number of benzene rings is 2. The van der Waals surface area contributed by atoms with Crippen molar-refractivity contribution in [1.29, 1.82) is 0 Å². The molecule has 0 bridgehead atoms. The number of nitrogens with zero attached hydrogens (tertiary/aromatic N) is 4. The smallest absolute Gasteiger partial charge is 0.417 e. The number of aromatic nitrogens is 2. The quantitative estimate of drug-likeness (QED) is 0.256.